The fraction of sp³-hybridized carbons (Fsp3) is 0.500. The number of amides is 1. The van der Waals surface area contributed by atoms with Gasteiger partial charge in [0.05, 0.1) is 28.8 Å². The zero-order chi connectivity index (χ0) is 19.4. The van der Waals surface area contributed by atoms with Crippen molar-refractivity contribution >= 4 is 22.9 Å². The SMILES string of the molecule is Cc1nc2c(cc1C(=O)N1C[C@@H](C(F)(F)F)[C@H](C(=O)O)C1)c(C)nn2C. The van der Waals surface area contributed by atoms with Crippen molar-refractivity contribution in [2.75, 3.05) is 13.1 Å². The summed E-state index contributed by atoms with van der Waals surface area (Å²) < 4.78 is 40.9. The van der Waals surface area contributed by atoms with Crippen molar-refractivity contribution in [2.45, 2.75) is 20.0 Å². The van der Waals surface area contributed by atoms with E-state index in [1.165, 1.54) is 0 Å². The number of hydrogen-bond acceptors (Lipinski definition) is 4. The van der Waals surface area contributed by atoms with Crippen molar-refractivity contribution in [3.63, 3.8) is 0 Å². The summed E-state index contributed by atoms with van der Waals surface area (Å²) in [6.45, 7) is 2.16. The number of likely N-dealkylation sites (tertiary alicyclic amines) is 1. The number of carbonyl (C=O) groups excluding carboxylic acids is 1. The zero-order valence-corrected chi connectivity index (χ0v) is 14.3. The third-order valence-corrected chi connectivity index (χ3v) is 4.76. The number of hydrogen-bond donors (Lipinski definition) is 1. The Hall–Kier alpha value is -2.65. The van der Waals surface area contributed by atoms with Crippen LogP contribution < -0.4 is 0 Å². The molecule has 3 rings (SSSR count). The maximum atomic E-state index is 13.1. The molecule has 0 radical (unpaired) electrons. The number of aryl methyl sites for hydroxylation is 3. The van der Waals surface area contributed by atoms with Crippen molar-refractivity contribution in [2.24, 2.45) is 18.9 Å². The summed E-state index contributed by atoms with van der Waals surface area (Å²) in [6, 6.07) is 1.55. The Balaban J connectivity index is 1.97. The highest BCUT2D eigenvalue weighted by molar-refractivity contribution is 5.99. The lowest BCUT2D eigenvalue weighted by molar-refractivity contribution is -0.187. The molecule has 0 saturated carbocycles. The Morgan fingerprint density at radius 2 is 1.88 bits per heavy atom. The average molecular weight is 370 g/mol. The van der Waals surface area contributed by atoms with E-state index in [0.717, 1.165) is 4.90 Å². The van der Waals surface area contributed by atoms with Gasteiger partial charge >= 0.3 is 12.1 Å². The quantitative estimate of drug-likeness (QED) is 0.873. The number of rotatable bonds is 2. The number of carbonyl (C=O) groups is 2. The molecular formula is C16H17F3N4O3. The summed E-state index contributed by atoms with van der Waals surface area (Å²) in [5.41, 5.74) is 1.71. The topological polar surface area (TPSA) is 88.3 Å². The highest BCUT2D eigenvalue weighted by atomic mass is 19.4. The molecule has 0 unspecified atom stereocenters. The van der Waals surface area contributed by atoms with Crippen molar-refractivity contribution in [3.05, 3.63) is 23.0 Å². The van der Waals surface area contributed by atoms with Gasteiger partial charge in [0.1, 0.15) is 0 Å². The van der Waals surface area contributed by atoms with Crippen LogP contribution in [0.4, 0.5) is 13.2 Å². The second-order valence-corrected chi connectivity index (χ2v) is 6.50. The van der Waals surface area contributed by atoms with Crippen LogP contribution in [0.1, 0.15) is 21.7 Å². The van der Waals surface area contributed by atoms with E-state index >= 15 is 0 Å². The fourth-order valence-corrected chi connectivity index (χ4v) is 3.37. The number of nitrogens with zero attached hydrogens (tertiary/aromatic N) is 4. The number of pyridine rings is 1. The summed E-state index contributed by atoms with van der Waals surface area (Å²) >= 11 is 0. The summed E-state index contributed by atoms with van der Waals surface area (Å²) in [7, 11) is 1.70. The first-order chi connectivity index (χ1) is 12.0. The molecule has 0 bridgehead atoms. The molecule has 2 atom stereocenters. The molecule has 140 valence electrons. The minimum absolute atomic E-state index is 0.153. The monoisotopic (exact) mass is 370 g/mol. The van der Waals surface area contributed by atoms with Gasteiger partial charge in [-0.05, 0) is 19.9 Å². The molecule has 1 aliphatic heterocycles. The Kier molecular flexibility index (Phi) is 4.16. The predicted molar refractivity (Wildman–Crippen MR) is 84.6 cm³/mol. The first-order valence-corrected chi connectivity index (χ1v) is 7.90. The summed E-state index contributed by atoms with van der Waals surface area (Å²) in [6.07, 6.45) is -4.69. The highest BCUT2D eigenvalue weighted by Gasteiger charge is 2.53. The van der Waals surface area contributed by atoms with Crippen LogP contribution in [-0.2, 0) is 11.8 Å². The number of aromatic nitrogens is 3. The van der Waals surface area contributed by atoms with Crippen LogP contribution in [0.15, 0.2) is 6.07 Å². The molecule has 7 nitrogen and oxygen atoms in total. The molecule has 1 N–H and O–H groups in total. The molecule has 3 heterocycles. The molecule has 10 heteroatoms. The molecular weight excluding hydrogens is 353 g/mol. The summed E-state index contributed by atoms with van der Waals surface area (Å²) in [5.74, 6) is -5.97. The van der Waals surface area contributed by atoms with Crippen LogP contribution in [-0.4, -0.2) is 55.9 Å². The Morgan fingerprint density at radius 3 is 2.42 bits per heavy atom. The Labute approximate surface area is 146 Å². The van der Waals surface area contributed by atoms with Crippen LogP contribution in [0.25, 0.3) is 11.0 Å². The van der Waals surface area contributed by atoms with E-state index in [1.807, 2.05) is 0 Å². The second-order valence-electron chi connectivity index (χ2n) is 6.50. The van der Waals surface area contributed by atoms with Crippen LogP contribution in [0.5, 0.6) is 0 Å². The van der Waals surface area contributed by atoms with Crippen LogP contribution in [0, 0.1) is 25.7 Å². The largest absolute Gasteiger partial charge is 0.481 e. The molecule has 0 spiro atoms. The Morgan fingerprint density at radius 1 is 1.23 bits per heavy atom. The van der Waals surface area contributed by atoms with Crippen molar-refractivity contribution < 1.29 is 27.9 Å². The number of carboxylic acids is 1. The molecule has 1 saturated heterocycles. The number of fused-ring (bicyclic) bond motifs is 1. The lowest BCUT2D eigenvalue weighted by Crippen LogP contribution is -2.34. The molecule has 26 heavy (non-hydrogen) atoms. The average Bonchev–Trinajstić information content (AvgIpc) is 3.09. The highest BCUT2D eigenvalue weighted by Crippen LogP contribution is 2.38. The third-order valence-electron chi connectivity index (χ3n) is 4.76. The predicted octanol–water partition coefficient (Wildman–Crippen LogP) is 1.92. The minimum Gasteiger partial charge on any atom is -0.481 e. The van der Waals surface area contributed by atoms with Crippen molar-refractivity contribution in [1.82, 2.24) is 19.7 Å². The fourth-order valence-electron chi connectivity index (χ4n) is 3.37. The summed E-state index contributed by atoms with van der Waals surface area (Å²) in [4.78, 5) is 29.2. The minimum atomic E-state index is -4.69. The van der Waals surface area contributed by atoms with Gasteiger partial charge in [0.25, 0.3) is 5.91 Å². The lowest BCUT2D eigenvalue weighted by atomic mass is 9.96. The van der Waals surface area contributed by atoms with E-state index in [1.54, 1.807) is 31.6 Å². The maximum Gasteiger partial charge on any atom is 0.394 e. The van der Waals surface area contributed by atoms with Crippen LogP contribution in [0.2, 0.25) is 0 Å². The molecule has 2 aromatic rings. The zero-order valence-electron chi connectivity index (χ0n) is 14.3. The molecule has 1 fully saturated rings. The van der Waals surface area contributed by atoms with Crippen molar-refractivity contribution in [1.29, 1.82) is 0 Å². The molecule has 0 aliphatic carbocycles. The van der Waals surface area contributed by atoms with E-state index in [-0.39, 0.29) is 5.56 Å². The van der Waals surface area contributed by atoms with E-state index in [0.29, 0.717) is 22.4 Å². The van der Waals surface area contributed by atoms with Gasteiger partial charge in [0, 0.05) is 25.5 Å². The third kappa shape index (κ3) is 2.89. The Bertz CT molecular complexity index is 906. The molecule has 0 aromatic carbocycles. The van der Waals surface area contributed by atoms with Gasteiger partial charge in [-0.1, -0.05) is 0 Å². The standard InChI is InChI=1S/C16H17F3N4O3/c1-7-10(4-9-8(2)21-22(3)13(9)20-7)14(24)23-5-11(15(25)26)12(6-23)16(17,18)19/h4,11-12H,5-6H2,1-3H3,(H,25,26)/t11-,12-/m1/s1. The van der Waals surface area contributed by atoms with E-state index < -0.39 is 43.0 Å². The molecule has 1 amide bonds. The van der Waals surface area contributed by atoms with E-state index in [2.05, 4.69) is 10.1 Å². The lowest BCUT2D eigenvalue weighted by Gasteiger charge is -2.19. The first-order valence-electron chi connectivity index (χ1n) is 7.90. The smallest absolute Gasteiger partial charge is 0.394 e. The van der Waals surface area contributed by atoms with Gasteiger partial charge < -0.3 is 10.0 Å². The van der Waals surface area contributed by atoms with Gasteiger partial charge in [-0.2, -0.15) is 18.3 Å². The van der Waals surface area contributed by atoms with E-state index in [4.69, 9.17) is 5.11 Å². The maximum absolute atomic E-state index is 13.1. The molecule has 1 aliphatic rings. The van der Waals surface area contributed by atoms with E-state index in [9.17, 15) is 22.8 Å². The van der Waals surface area contributed by atoms with Gasteiger partial charge in [0.2, 0.25) is 0 Å². The number of carboxylic acid groups (broad SMARTS) is 1. The molecule has 2 aromatic heterocycles. The number of alkyl halides is 3. The van der Waals surface area contributed by atoms with Crippen LogP contribution in [0.3, 0.4) is 0 Å². The normalized spacial score (nSPS) is 20.8. The summed E-state index contributed by atoms with van der Waals surface area (Å²) in [5, 5.41) is 13.9. The second kappa shape index (κ2) is 5.96. The van der Waals surface area contributed by atoms with Gasteiger partial charge in [-0.3, -0.25) is 14.3 Å². The van der Waals surface area contributed by atoms with Crippen molar-refractivity contribution in [3.8, 4) is 0 Å². The number of aliphatic carboxylic acids is 1. The van der Waals surface area contributed by atoms with Gasteiger partial charge in [0.15, 0.2) is 5.65 Å². The van der Waals surface area contributed by atoms with Gasteiger partial charge in [-0.15, -0.1) is 0 Å². The first kappa shape index (κ1) is 18.2. The van der Waals surface area contributed by atoms with Crippen LogP contribution >= 0.6 is 0 Å². The number of halogens is 3. The van der Waals surface area contributed by atoms with Gasteiger partial charge in [-0.25, -0.2) is 4.98 Å².